The van der Waals surface area contributed by atoms with Crippen LogP contribution >= 0.6 is 0 Å². The molecule has 2 fully saturated rings. The molecule has 3 heterocycles. The van der Waals surface area contributed by atoms with Crippen molar-refractivity contribution in [3.8, 4) is 0 Å². The topological polar surface area (TPSA) is 61.8 Å². The molecular formula is C17H27N5O2. The number of rotatable bonds is 2. The second-order valence-electron chi connectivity index (χ2n) is 7.38. The van der Waals surface area contributed by atoms with Crippen molar-refractivity contribution >= 4 is 17.7 Å². The summed E-state index contributed by atoms with van der Waals surface area (Å²) >= 11 is 0. The van der Waals surface area contributed by atoms with Crippen LogP contribution in [0.4, 0.5) is 16.4 Å². The lowest BCUT2D eigenvalue weighted by Gasteiger charge is -2.36. The van der Waals surface area contributed by atoms with Crippen LogP contribution in [0.2, 0.25) is 0 Å². The third kappa shape index (κ3) is 4.07. The highest BCUT2D eigenvalue weighted by Crippen LogP contribution is 2.22. The lowest BCUT2D eigenvalue weighted by atomic mass is 10.2. The third-order valence-electron chi connectivity index (χ3n) is 4.32. The normalized spacial score (nSPS) is 18.9. The molecule has 0 aliphatic carbocycles. The number of carbonyl (C=O) groups excluding carboxylic acids is 1. The molecule has 2 aliphatic heterocycles. The molecule has 0 bridgehead atoms. The van der Waals surface area contributed by atoms with Gasteiger partial charge in [-0.2, -0.15) is 0 Å². The van der Waals surface area contributed by atoms with Crippen LogP contribution in [-0.2, 0) is 4.74 Å². The van der Waals surface area contributed by atoms with E-state index in [4.69, 9.17) is 4.74 Å². The number of carbonyl (C=O) groups is 1. The first kappa shape index (κ1) is 16.8. The van der Waals surface area contributed by atoms with Gasteiger partial charge in [-0.3, -0.25) is 0 Å². The van der Waals surface area contributed by atoms with Crippen LogP contribution in [0, 0.1) is 0 Å². The van der Waals surface area contributed by atoms with E-state index < -0.39 is 5.60 Å². The van der Waals surface area contributed by atoms with Gasteiger partial charge in [-0.25, -0.2) is 14.8 Å². The molecule has 3 rings (SSSR count). The minimum absolute atomic E-state index is 0.234. The highest BCUT2D eigenvalue weighted by molar-refractivity contribution is 5.68. The molecule has 1 amide bonds. The van der Waals surface area contributed by atoms with Crippen LogP contribution in [0.25, 0.3) is 0 Å². The van der Waals surface area contributed by atoms with Crippen molar-refractivity contribution in [3.63, 3.8) is 0 Å². The maximum absolute atomic E-state index is 12.1. The average Bonchev–Trinajstić information content (AvgIpc) is 3.08. The number of hydrogen-bond acceptors (Lipinski definition) is 6. The maximum atomic E-state index is 12.1. The van der Waals surface area contributed by atoms with E-state index in [-0.39, 0.29) is 6.09 Å². The van der Waals surface area contributed by atoms with Gasteiger partial charge in [-0.1, -0.05) is 0 Å². The molecule has 132 valence electrons. The number of ether oxygens (including phenoxy) is 1. The highest BCUT2D eigenvalue weighted by Gasteiger charge is 2.26. The summed E-state index contributed by atoms with van der Waals surface area (Å²) in [7, 11) is 0. The van der Waals surface area contributed by atoms with Crippen LogP contribution in [0.15, 0.2) is 12.4 Å². The Morgan fingerprint density at radius 2 is 1.50 bits per heavy atom. The Morgan fingerprint density at radius 1 is 0.958 bits per heavy atom. The molecule has 0 spiro atoms. The van der Waals surface area contributed by atoms with Gasteiger partial charge in [0.15, 0.2) is 0 Å². The van der Waals surface area contributed by atoms with Crippen LogP contribution < -0.4 is 9.80 Å². The van der Waals surface area contributed by atoms with E-state index in [1.807, 2.05) is 20.8 Å². The molecule has 24 heavy (non-hydrogen) atoms. The van der Waals surface area contributed by atoms with Crippen molar-refractivity contribution in [1.29, 1.82) is 0 Å². The van der Waals surface area contributed by atoms with E-state index in [0.29, 0.717) is 13.1 Å². The third-order valence-corrected chi connectivity index (χ3v) is 4.32. The number of aromatic nitrogens is 2. The van der Waals surface area contributed by atoms with E-state index in [2.05, 4.69) is 25.8 Å². The van der Waals surface area contributed by atoms with Gasteiger partial charge >= 0.3 is 6.09 Å². The fourth-order valence-electron chi connectivity index (χ4n) is 3.07. The van der Waals surface area contributed by atoms with Gasteiger partial charge in [0.1, 0.15) is 23.6 Å². The van der Waals surface area contributed by atoms with Gasteiger partial charge in [-0.05, 0) is 33.6 Å². The van der Waals surface area contributed by atoms with Crippen molar-refractivity contribution in [1.82, 2.24) is 14.9 Å². The van der Waals surface area contributed by atoms with Gasteiger partial charge in [-0.15, -0.1) is 0 Å². The summed E-state index contributed by atoms with van der Waals surface area (Å²) in [6.45, 7) is 10.6. The van der Waals surface area contributed by atoms with Crippen LogP contribution in [0.1, 0.15) is 33.6 Å². The fraction of sp³-hybridized carbons (Fsp3) is 0.706. The Hall–Kier alpha value is -2.05. The second kappa shape index (κ2) is 6.83. The van der Waals surface area contributed by atoms with Gasteiger partial charge in [0, 0.05) is 45.3 Å². The van der Waals surface area contributed by atoms with Crippen LogP contribution in [-0.4, -0.2) is 65.8 Å². The minimum atomic E-state index is -0.453. The van der Waals surface area contributed by atoms with E-state index >= 15 is 0 Å². The Morgan fingerprint density at radius 3 is 2.04 bits per heavy atom. The van der Waals surface area contributed by atoms with E-state index in [1.165, 1.54) is 12.8 Å². The zero-order valence-electron chi connectivity index (χ0n) is 14.9. The molecule has 2 saturated heterocycles. The number of piperazine rings is 1. The predicted molar refractivity (Wildman–Crippen MR) is 93.5 cm³/mol. The Labute approximate surface area is 143 Å². The molecule has 1 aromatic rings. The predicted octanol–water partition coefficient (Wildman–Crippen LogP) is 2.13. The molecule has 7 heteroatoms. The van der Waals surface area contributed by atoms with E-state index in [0.717, 1.165) is 37.8 Å². The van der Waals surface area contributed by atoms with Crippen molar-refractivity contribution in [3.05, 3.63) is 12.4 Å². The summed E-state index contributed by atoms with van der Waals surface area (Å²) in [6.07, 6.45) is 3.87. The Balaban J connectivity index is 1.58. The average molecular weight is 333 g/mol. The van der Waals surface area contributed by atoms with Gasteiger partial charge in [0.25, 0.3) is 0 Å². The standard InChI is InChI=1S/C17H27N5O2/c1-17(2,3)24-16(23)22-10-8-21(9-11-22)15-12-14(18-13-19-15)20-6-4-5-7-20/h12-13H,4-11H2,1-3H3. The maximum Gasteiger partial charge on any atom is 0.410 e. The largest absolute Gasteiger partial charge is 0.444 e. The summed E-state index contributed by atoms with van der Waals surface area (Å²) in [6, 6.07) is 2.06. The number of hydrogen-bond donors (Lipinski definition) is 0. The van der Waals surface area contributed by atoms with Gasteiger partial charge < -0.3 is 19.4 Å². The van der Waals surface area contributed by atoms with Crippen molar-refractivity contribution in [2.75, 3.05) is 49.1 Å². The Bertz CT molecular complexity index is 573. The summed E-state index contributed by atoms with van der Waals surface area (Å²) in [5.41, 5.74) is -0.453. The van der Waals surface area contributed by atoms with E-state index in [1.54, 1.807) is 11.2 Å². The zero-order chi connectivity index (χ0) is 17.2. The van der Waals surface area contributed by atoms with E-state index in [9.17, 15) is 4.79 Å². The minimum Gasteiger partial charge on any atom is -0.444 e. The van der Waals surface area contributed by atoms with Crippen molar-refractivity contribution in [2.24, 2.45) is 0 Å². The highest BCUT2D eigenvalue weighted by atomic mass is 16.6. The number of nitrogens with zero attached hydrogens (tertiary/aromatic N) is 5. The molecule has 7 nitrogen and oxygen atoms in total. The molecule has 2 aliphatic rings. The lowest BCUT2D eigenvalue weighted by Crippen LogP contribution is -2.50. The molecule has 0 atom stereocenters. The SMILES string of the molecule is CC(C)(C)OC(=O)N1CCN(c2cc(N3CCCC3)ncn2)CC1. The fourth-order valence-corrected chi connectivity index (χ4v) is 3.07. The molecule has 0 radical (unpaired) electrons. The first-order valence-corrected chi connectivity index (χ1v) is 8.72. The van der Waals surface area contributed by atoms with Gasteiger partial charge in [0.05, 0.1) is 0 Å². The Kier molecular flexibility index (Phi) is 4.78. The van der Waals surface area contributed by atoms with Crippen molar-refractivity contribution in [2.45, 2.75) is 39.2 Å². The summed E-state index contributed by atoms with van der Waals surface area (Å²) in [5, 5.41) is 0. The van der Waals surface area contributed by atoms with Crippen molar-refractivity contribution < 1.29 is 9.53 Å². The van der Waals surface area contributed by atoms with Crippen LogP contribution in [0.3, 0.4) is 0 Å². The molecule has 0 saturated carbocycles. The quantitative estimate of drug-likeness (QED) is 0.826. The zero-order valence-corrected chi connectivity index (χ0v) is 14.9. The monoisotopic (exact) mass is 333 g/mol. The summed E-state index contributed by atoms with van der Waals surface area (Å²) in [5.74, 6) is 1.95. The second-order valence-corrected chi connectivity index (χ2v) is 7.38. The lowest BCUT2D eigenvalue weighted by molar-refractivity contribution is 0.0240. The first-order valence-electron chi connectivity index (χ1n) is 8.72. The molecular weight excluding hydrogens is 306 g/mol. The van der Waals surface area contributed by atoms with Gasteiger partial charge in [0.2, 0.25) is 0 Å². The molecule has 0 unspecified atom stereocenters. The summed E-state index contributed by atoms with van der Waals surface area (Å²) in [4.78, 5) is 27.2. The number of amides is 1. The van der Waals surface area contributed by atoms with Crippen LogP contribution in [0.5, 0.6) is 0 Å². The molecule has 1 aromatic heterocycles. The first-order chi connectivity index (χ1) is 11.4. The smallest absolute Gasteiger partial charge is 0.410 e. The molecule has 0 N–H and O–H groups in total. The molecule has 0 aromatic carbocycles. The number of anilines is 2. The summed E-state index contributed by atoms with van der Waals surface area (Å²) < 4.78 is 5.44.